The molecule has 0 bridgehead atoms. The Bertz CT molecular complexity index is 314. The smallest absolute Gasteiger partial charge is 0.270 e. The highest BCUT2D eigenvalue weighted by Crippen LogP contribution is 2.05. The Labute approximate surface area is 78.6 Å². The molecule has 0 spiro atoms. The summed E-state index contributed by atoms with van der Waals surface area (Å²) in [5.74, 6) is -0.777. The SMILES string of the molecule is O=C(NCC(F)F)c1ccc(O)cn1. The Balaban J connectivity index is 2.57. The lowest BCUT2D eigenvalue weighted by molar-refractivity contribution is 0.0887. The minimum absolute atomic E-state index is 0.0107. The Morgan fingerprint density at radius 1 is 1.57 bits per heavy atom. The lowest BCUT2D eigenvalue weighted by atomic mass is 10.3. The van der Waals surface area contributed by atoms with Crippen LogP contribution in [0, 0.1) is 0 Å². The fraction of sp³-hybridized carbons (Fsp3) is 0.250. The van der Waals surface area contributed by atoms with Crippen molar-refractivity contribution in [3.8, 4) is 5.75 Å². The molecule has 2 N–H and O–H groups in total. The number of rotatable bonds is 3. The normalized spacial score (nSPS) is 10.2. The summed E-state index contributed by atoms with van der Waals surface area (Å²) in [6, 6.07) is 2.50. The quantitative estimate of drug-likeness (QED) is 0.761. The number of hydrogen-bond acceptors (Lipinski definition) is 3. The van der Waals surface area contributed by atoms with Crippen LogP contribution in [-0.4, -0.2) is 29.0 Å². The average Bonchev–Trinajstić information content (AvgIpc) is 2.15. The van der Waals surface area contributed by atoms with Gasteiger partial charge in [0.2, 0.25) is 0 Å². The zero-order valence-corrected chi connectivity index (χ0v) is 7.08. The van der Waals surface area contributed by atoms with Crippen LogP contribution in [0.4, 0.5) is 8.78 Å². The van der Waals surface area contributed by atoms with E-state index in [1.54, 1.807) is 0 Å². The van der Waals surface area contributed by atoms with E-state index < -0.39 is 18.9 Å². The van der Waals surface area contributed by atoms with Crippen molar-refractivity contribution in [2.45, 2.75) is 6.43 Å². The van der Waals surface area contributed by atoms with Crippen molar-refractivity contribution in [1.82, 2.24) is 10.3 Å². The zero-order chi connectivity index (χ0) is 10.6. The van der Waals surface area contributed by atoms with Gasteiger partial charge in [0, 0.05) is 0 Å². The monoisotopic (exact) mass is 202 g/mol. The highest BCUT2D eigenvalue weighted by Gasteiger charge is 2.09. The molecular formula is C8H8F2N2O2. The van der Waals surface area contributed by atoms with Crippen LogP contribution in [0.3, 0.4) is 0 Å². The number of hydrogen-bond donors (Lipinski definition) is 2. The molecule has 0 aliphatic carbocycles. The molecule has 0 unspecified atom stereocenters. The first kappa shape index (κ1) is 10.4. The maximum atomic E-state index is 11.7. The number of amides is 1. The van der Waals surface area contributed by atoms with Gasteiger partial charge in [-0.3, -0.25) is 4.79 Å². The molecule has 1 heterocycles. The van der Waals surface area contributed by atoms with Crippen LogP contribution in [-0.2, 0) is 0 Å². The molecule has 0 atom stereocenters. The summed E-state index contributed by atoms with van der Waals surface area (Å²) in [4.78, 5) is 14.6. The van der Waals surface area contributed by atoms with Crippen molar-refractivity contribution >= 4 is 5.91 Å². The molecule has 0 aliphatic heterocycles. The first-order valence-corrected chi connectivity index (χ1v) is 3.81. The third kappa shape index (κ3) is 2.96. The summed E-state index contributed by atoms with van der Waals surface area (Å²) in [7, 11) is 0. The van der Waals surface area contributed by atoms with Crippen molar-refractivity contribution in [2.75, 3.05) is 6.54 Å². The van der Waals surface area contributed by atoms with Gasteiger partial charge in [-0.1, -0.05) is 0 Å². The Hall–Kier alpha value is -1.72. The third-order valence-corrected chi connectivity index (χ3v) is 1.40. The number of carbonyl (C=O) groups excluding carboxylic acids is 1. The van der Waals surface area contributed by atoms with E-state index >= 15 is 0 Å². The fourth-order valence-electron chi connectivity index (χ4n) is 0.781. The number of halogens is 2. The molecule has 14 heavy (non-hydrogen) atoms. The predicted molar refractivity (Wildman–Crippen MR) is 44.2 cm³/mol. The number of alkyl halides is 2. The van der Waals surface area contributed by atoms with Crippen LogP contribution in [0.2, 0.25) is 0 Å². The summed E-state index contributed by atoms with van der Waals surface area (Å²) in [5.41, 5.74) is -0.0107. The number of pyridine rings is 1. The van der Waals surface area contributed by atoms with Crippen LogP contribution in [0.5, 0.6) is 5.75 Å². The van der Waals surface area contributed by atoms with Gasteiger partial charge in [0.25, 0.3) is 12.3 Å². The number of aromatic nitrogens is 1. The second kappa shape index (κ2) is 4.50. The molecule has 6 heteroatoms. The van der Waals surface area contributed by atoms with Crippen LogP contribution in [0.1, 0.15) is 10.5 Å². The molecule has 0 radical (unpaired) electrons. The summed E-state index contributed by atoms with van der Waals surface area (Å²) in [6.45, 7) is -0.707. The van der Waals surface area contributed by atoms with Gasteiger partial charge in [-0.2, -0.15) is 0 Å². The lowest BCUT2D eigenvalue weighted by Crippen LogP contribution is -2.28. The Morgan fingerprint density at radius 3 is 2.79 bits per heavy atom. The van der Waals surface area contributed by atoms with Gasteiger partial charge in [0.1, 0.15) is 11.4 Å². The topological polar surface area (TPSA) is 62.2 Å². The molecular weight excluding hydrogens is 194 g/mol. The first-order valence-electron chi connectivity index (χ1n) is 3.81. The van der Waals surface area contributed by atoms with Crippen LogP contribution < -0.4 is 5.32 Å². The van der Waals surface area contributed by atoms with Crippen LogP contribution in [0.25, 0.3) is 0 Å². The Kier molecular flexibility index (Phi) is 3.33. The molecule has 0 aliphatic rings. The molecule has 1 amide bonds. The lowest BCUT2D eigenvalue weighted by Gasteiger charge is -2.02. The van der Waals surface area contributed by atoms with E-state index in [9.17, 15) is 13.6 Å². The van der Waals surface area contributed by atoms with E-state index in [2.05, 4.69) is 4.98 Å². The van der Waals surface area contributed by atoms with Gasteiger partial charge >= 0.3 is 0 Å². The zero-order valence-electron chi connectivity index (χ0n) is 7.08. The van der Waals surface area contributed by atoms with Gasteiger partial charge < -0.3 is 10.4 Å². The second-order valence-corrected chi connectivity index (χ2v) is 2.50. The minimum Gasteiger partial charge on any atom is -0.506 e. The second-order valence-electron chi connectivity index (χ2n) is 2.50. The van der Waals surface area contributed by atoms with E-state index in [1.165, 1.54) is 12.1 Å². The largest absolute Gasteiger partial charge is 0.506 e. The van der Waals surface area contributed by atoms with Gasteiger partial charge in [0.05, 0.1) is 12.7 Å². The van der Waals surface area contributed by atoms with Crippen molar-refractivity contribution in [3.05, 3.63) is 24.0 Å². The van der Waals surface area contributed by atoms with E-state index in [0.29, 0.717) is 0 Å². The maximum Gasteiger partial charge on any atom is 0.270 e. The molecule has 0 saturated carbocycles. The highest BCUT2D eigenvalue weighted by atomic mass is 19.3. The van der Waals surface area contributed by atoms with E-state index in [-0.39, 0.29) is 11.4 Å². The van der Waals surface area contributed by atoms with Crippen molar-refractivity contribution in [2.24, 2.45) is 0 Å². The van der Waals surface area contributed by atoms with E-state index in [1.807, 2.05) is 5.32 Å². The predicted octanol–water partition coefficient (Wildman–Crippen LogP) is 0.782. The van der Waals surface area contributed by atoms with Crippen LogP contribution in [0.15, 0.2) is 18.3 Å². The van der Waals surface area contributed by atoms with Gasteiger partial charge in [-0.15, -0.1) is 0 Å². The summed E-state index contributed by atoms with van der Waals surface area (Å²) >= 11 is 0. The molecule has 1 aromatic rings. The average molecular weight is 202 g/mol. The molecule has 76 valence electrons. The van der Waals surface area contributed by atoms with E-state index in [4.69, 9.17) is 5.11 Å². The molecule has 0 saturated heterocycles. The summed E-state index contributed by atoms with van der Waals surface area (Å²) < 4.78 is 23.4. The summed E-state index contributed by atoms with van der Waals surface area (Å²) in [6.07, 6.45) is -1.52. The highest BCUT2D eigenvalue weighted by molar-refractivity contribution is 5.92. The minimum atomic E-state index is -2.59. The molecule has 0 fully saturated rings. The molecule has 4 nitrogen and oxygen atoms in total. The molecule has 0 aromatic carbocycles. The van der Waals surface area contributed by atoms with Gasteiger partial charge in [-0.05, 0) is 12.1 Å². The summed E-state index contributed by atoms with van der Waals surface area (Å²) in [5, 5.41) is 10.8. The molecule has 1 rings (SSSR count). The number of aromatic hydroxyl groups is 1. The number of nitrogens with one attached hydrogen (secondary N) is 1. The van der Waals surface area contributed by atoms with Crippen molar-refractivity contribution < 1.29 is 18.7 Å². The number of nitrogens with zero attached hydrogens (tertiary/aromatic N) is 1. The van der Waals surface area contributed by atoms with Crippen LogP contribution >= 0.6 is 0 Å². The number of carbonyl (C=O) groups is 1. The van der Waals surface area contributed by atoms with E-state index in [0.717, 1.165) is 6.20 Å². The van der Waals surface area contributed by atoms with Crippen molar-refractivity contribution in [1.29, 1.82) is 0 Å². The van der Waals surface area contributed by atoms with Gasteiger partial charge in [0.15, 0.2) is 0 Å². The maximum absolute atomic E-state index is 11.7. The Morgan fingerprint density at radius 2 is 2.29 bits per heavy atom. The third-order valence-electron chi connectivity index (χ3n) is 1.40. The standard InChI is InChI=1S/C8H8F2N2O2/c9-7(10)4-12-8(14)6-2-1-5(13)3-11-6/h1-3,7,13H,4H2,(H,12,14). The first-order chi connectivity index (χ1) is 6.59. The fourth-order valence-corrected chi connectivity index (χ4v) is 0.781. The van der Waals surface area contributed by atoms with Gasteiger partial charge in [-0.25, -0.2) is 13.8 Å². The van der Waals surface area contributed by atoms with Crippen molar-refractivity contribution in [3.63, 3.8) is 0 Å². The molecule has 1 aromatic heterocycles.